The lowest BCUT2D eigenvalue weighted by Crippen LogP contribution is -2.28. The number of halogens is 1. The molecule has 7 heteroatoms. The van der Waals surface area contributed by atoms with Crippen LogP contribution in [0.5, 0.6) is 0 Å². The molecule has 0 spiro atoms. The molecule has 0 aliphatic heterocycles. The number of nitrogens with zero attached hydrogens (tertiary/aromatic N) is 1. The van der Waals surface area contributed by atoms with E-state index in [0.717, 1.165) is 21.3 Å². The molecular weight excluding hydrogens is 444 g/mol. The number of fused-ring (bicyclic) bond motifs is 1. The number of benzene rings is 2. The van der Waals surface area contributed by atoms with E-state index in [1.54, 1.807) is 13.0 Å². The van der Waals surface area contributed by atoms with E-state index >= 15 is 0 Å². The first-order chi connectivity index (χ1) is 15.5. The summed E-state index contributed by atoms with van der Waals surface area (Å²) in [5.41, 5.74) is 2.62. The normalized spacial score (nSPS) is 12.0. The number of hydrogen-bond acceptors (Lipinski definition) is 4. The summed E-state index contributed by atoms with van der Waals surface area (Å²) in [7, 11) is 0. The number of carbonyl (C=O) groups is 2. The summed E-state index contributed by atoms with van der Waals surface area (Å²) in [5.74, 6) is -0.515. The summed E-state index contributed by atoms with van der Waals surface area (Å²) in [4.78, 5) is 26.6. The molecule has 4 aromatic rings. The maximum absolute atomic E-state index is 13.3. The molecule has 0 bridgehead atoms. The Balaban J connectivity index is 1.59. The van der Waals surface area contributed by atoms with Crippen molar-refractivity contribution >= 4 is 45.7 Å². The van der Waals surface area contributed by atoms with E-state index in [9.17, 15) is 9.59 Å². The quantitative estimate of drug-likeness (QED) is 0.336. The number of carbonyl (C=O) groups excluding carboxylic acids is 2. The first kappa shape index (κ1) is 22.1. The van der Waals surface area contributed by atoms with Crippen LogP contribution in [0.15, 0.2) is 66.7 Å². The van der Waals surface area contributed by atoms with Crippen LogP contribution in [0.1, 0.15) is 50.5 Å². The van der Waals surface area contributed by atoms with Gasteiger partial charge in [0.2, 0.25) is 0 Å². The van der Waals surface area contributed by atoms with E-state index in [4.69, 9.17) is 16.3 Å². The molecule has 4 rings (SSSR count). The standard InChI is InChI=1S/C25H23ClN2O3S/c1-3-31-25(30)23-13-12-22(32-23)16(2)27-24(29)21-14-18-6-4-5-7-20(18)28(21)15-17-8-10-19(26)11-9-17/h4-14,16H,3,15H2,1-2H3,(H,27,29). The van der Waals surface area contributed by atoms with Crippen molar-refractivity contribution in [2.45, 2.75) is 26.4 Å². The van der Waals surface area contributed by atoms with Gasteiger partial charge in [0, 0.05) is 27.3 Å². The second kappa shape index (κ2) is 9.59. The van der Waals surface area contributed by atoms with E-state index < -0.39 is 0 Å². The van der Waals surface area contributed by atoms with Crippen LogP contribution in [0.3, 0.4) is 0 Å². The Morgan fingerprint density at radius 2 is 1.84 bits per heavy atom. The molecule has 0 saturated heterocycles. The molecule has 2 heterocycles. The molecule has 2 aromatic carbocycles. The molecule has 0 aliphatic rings. The molecule has 1 unspecified atom stereocenters. The van der Waals surface area contributed by atoms with Gasteiger partial charge in [-0.15, -0.1) is 11.3 Å². The molecule has 2 aromatic heterocycles. The van der Waals surface area contributed by atoms with Crippen molar-refractivity contribution in [3.8, 4) is 0 Å². The number of nitrogens with one attached hydrogen (secondary N) is 1. The number of hydrogen-bond donors (Lipinski definition) is 1. The van der Waals surface area contributed by atoms with Gasteiger partial charge in [-0.05, 0) is 55.8 Å². The van der Waals surface area contributed by atoms with E-state index in [0.29, 0.717) is 28.7 Å². The lowest BCUT2D eigenvalue weighted by Gasteiger charge is -2.15. The summed E-state index contributed by atoms with van der Waals surface area (Å²) < 4.78 is 7.07. The van der Waals surface area contributed by atoms with Gasteiger partial charge in [0.15, 0.2) is 0 Å². The summed E-state index contributed by atoms with van der Waals surface area (Å²) >= 11 is 7.36. The summed E-state index contributed by atoms with van der Waals surface area (Å²) in [6, 6.07) is 20.8. The van der Waals surface area contributed by atoms with Crippen molar-refractivity contribution in [2.75, 3.05) is 6.61 Å². The molecule has 0 saturated carbocycles. The van der Waals surface area contributed by atoms with Crippen LogP contribution in [0.25, 0.3) is 10.9 Å². The van der Waals surface area contributed by atoms with Gasteiger partial charge in [0.1, 0.15) is 10.6 Å². The molecule has 32 heavy (non-hydrogen) atoms. The van der Waals surface area contributed by atoms with Crippen molar-refractivity contribution < 1.29 is 14.3 Å². The topological polar surface area (TPSA) is 60.3 Å². The van der Waals surface area contributed by atoms with E-state index in [1.807, 2.05) is 72.2 Å². The first-order valence-electron chi connectivity index (χ1n) is 10.4. The largest absolute Gasteiger partial charge is 0.462 e. The second-order valence-corrected chi connectivity index (χ2v) is 8.97. The molecule has 5 nitrogen and oxygen atoms in total. The van der Waals surface area contributed by atoms with Crippen molar-refractivity contribution in [1.29, 1.82) is 0 Å². The van der Waals surface area contributed by atoms with Gasteiger partial charge >= 0.3 is 5.97 Å². The average Bonchev–Trinajstić information content (AvgIpc) is 3.41. The SMILES string of the molecule is CCOC(=O)c1ccc(C(C)NC(=O)c2cc3ccccc3n2Cc2ccc(Cl)cc2)s1. The molecule has 1 atom stereocenters. The number of thiophene rings is 1. The van der Waals surface area contributed by atoms with Crippen molar-refractivity contribution in [3.63, 3.8) is 0 Å². The highest BCUT2D eigenvalue weighted by atomic mass is 35.5. The van der Waals surface area contributed by atoms with Crippen molar-refractivity contribution in [2.24, 2.45) is 0 Å². The zero-order valence-corrected chi connectivity index (χ0v) is 19.4. The Morgan fingerprint density at radius 1 is 1.09 bits per heavy atom. The van der Waals surface area contributed by atoms with Crippen LogP contribution >= 0.6 is 22.9 Å². The van der Waals surface area contributed by atoms with Crippen molar-refractivity contribution in [1.82, 2.24) is 9.88 Å². The molecular formula is C25H23ClN2O3S. The zero-order chi connectivity index (χ0) is 22.7. The van der Waals surface area contributed by atoms with Crippen LogP contribution in [0.4, 0.5) is 0 Å². The van der Waals surface area contributed by atoms with E-state index in [2.05, 4.69) is 5.32 Å². The van der Waals surface area contributed by atoms with Gasteiger partial charge in [0.05, 0.1) is 12.6 Å². The number of ether oxygens (including phenoxy) is 1. The summed E-state index contributed by atoms with van der Waals surface area (Å²) in [5, 5.41) is 4.75. The highest BCUT2D eigenvalue weighted by molar-refractivity contribution is 7.14. The third-order valence-electron chi connectivity index (χ3n) is 5.17. The average molecular weight is 467 g/mol. The molecule has 0 radical (unpaired) electrons. The van der Waals surface area contributed by atoms with Crippen LogP contribution in [-0.4, -0.2) is 23.1 Å². The molecule has 1 amide bonds. The van der Waals surface area contributed by atoms with Gasteiger partial charge in [0.25, 0.3) is 5.91 Å². The Morgan fingerprint density at radius 3 is 2.59 bits per heavy atom. The number of esters is 1. The first-order valence-corrected chi connectivity index (χ1v) is 11.6. The van der Waals surface area contributed by atoms with E-state index in [1.165, 1.54) is 11.3 Å². The predicted octanol–water partition coefficient (Wildman–Crippen LogP) is 6.07. The minimum Gasteiger partial charge on any atom is -0.462 e. The third-order valence-corrected chi connectivity index (χ3v) is 6.67. The number of rotatable bonds is 7. The van der Waals surface area contributed by atoms with Crippen LogP contribution in [-0.2, 0) is 11.3 Å². The van der Waals surface area contributed by atoms with Gasteiger partial charge in [-0.3, -0.25) is 4.79 Å². The number of aromatic nitrogens is 1. The summed E-state index contributed by atoms with van der Waals surface area (Å²) in [6.45, 7) is 4.56. The lowest BCUT2D eigenvalue weighted by molar-refractivity contribution is 0.0532. The van der Waals surface area contributed by atoms with Gasteiger partial charge in [-0.1, -0.05) is 41.9 Å². The number of amides is 1. The van der Waals surface area contributed by atoms with Crippen LogP contribution in [0.2, 0.25) is 5.02 Å². The van der Waals surface area contributed by atoms with Gasteiger partial charge < -0.3 is 14.6 Å². The highest BCUT2D eigenvalue weighted by Gasteiger charge is 2.20. The zero-order valence-electron chi connectivity index (χ0n) is 17.8. The fourth-order valence-electron chi connectivity index (χ4n) is 3.58. The fraction of sp³-hybridized carbons (Fsp3) is 0.200. The third kappa shape index (κ3) is 4.71. The number of para-hydroxylation sites is 1. The fourth-order valence-corrected chi connectivity index (χ4v) is 4.61. The highest BCUT2D eigenvalue weighted by Crippen LogP contribution is 2.26. The Labute approximate surface area is 195 Å². The molecule has 0 fully saturated rings. The maximum atomic E-state index is 13.3. The Bertz CT molecular complexity index is 1260. The van der Waals surface area contributed by atoms with Crippen molar-refractivity contribution in [3.05, 3.63) is 92.8 Å². The molecule has 164 valence electrons. The Hall–Kier alpha value is -3.09. The van der Waals surface area contributed by atoms with Gasteiger partial charge in [-0.25, -0.2) is 4.79 Å². The minimum atomic E-state index is -0.342. The Kier molecular flexibility index (Phi) is 6.63. The lowest BCUT2D eigenvalue weighted by atomic mass is 10.2. The summed E-state index contributed by atoms with van der Waals surface area (Å²) in [6.07, 6.45) is 0. The van der Waals surface area contributed by atoms with Crippen LogP contribution < -0.4 is 5.32 Å². The second-order valence-electron chi connectivity index (χ2n) is 7.42. The van der Waals surface area contributed by atoms with Crippen LogP contribution in [0, 0.1) is 0 Å². The molecule has 1 N–H and O–H groups in total. The minimum absolute atomic E-state index is 0.172. The molecule has 0 aliphatic carbocycles. The smallest absolute Gasteiger partial charge is 0.348 e. The maximum Gasteiger partial charge on any atom is 0.348 e. The predicted molar refractivity (Wildman–Crippen MR) is 129 cm³/mol. The van der Waals surface area contributed by atoms with Gasteiger partial charge in [-0.2, -0.15) is 0 Å². The monoisotopic (exact) mass is 466 g/mol. The van der Waals surface area contributed by atoms with E-state index in [-0.39, 0.29) is 17.9 Å².